The molecule has 0 bridgehead atoms. The van der Waals surface area contributed by atoms with Crippen molar-refractivity contribution >= 4 is 5.97 Å². The van der Waals surface area contributed by atoms with Crippen LogP contribution in [0.1, 0.15) is 24.0 Å². The molecule has 2 atom stereocenters. The zero-order valence-corrected chi connectivity index (χ0v) is 8.70. The first-order valence-electron chi connectivity index (χ1n) is 4.68. The molecule has 0 aliphatic heterocycles. The molecule has 0 amide bonds. The summed E-state index contributed by atoms with van der Waals surface area (Å²) < 4.78 is 13.5. The Bertz CT molecular complexity index is 359. The number of halogens is 1. The third kappa shape index (κ3) is 2.33. The normalized spacial score (nSPS) is 14.7. The number of aliphatic carboxylic acids is 1. The molecule has 0 saturated heterocycles. The molecule has 1 aromatic carbocycles. The third-order valence-corrected chi connectivity index (χ3v) is 2.55. The third-order valence-electron chi connectivity index (χ3n) is 2.55. The van der Waals surface area contributed by atoms with E-state index in [4.69, 9.17) is 10.8 Å². The fraction of sp³-hybridized carbons (Fsp3) is 0.364. The number of hydrogen-bond acceptors (Lipinski definition) is 2. The second-order valence-corrected chi connectivity index (χ2v) is 3.62. The molecule has 82 valence electrons. The summed E-state index contributed by atoms with van der Waals surface area (Å²) in [7, 11) is 0. The maximum Gasteiger partial charge on any atom is 0.321 e. The van der Waals surface area contributed by atoms with E-state index in [1.54, 1.807) is 26.0 Å². The summed E-state index contributed by atoms with van der Waals surface area (Å²) in [4.78, 5) is 10.7. The lowest BCUT2D eigenvalue weighted by Gasteiger charge is -2.19. The zero-order valence-electron chi connectivity index (χ0n) is 8.70. The van der Waals surface area contributed by atoms with E-state index in [1.807, 2.05) is 0 Å². The molecule has 15 heavy (non-hydrogen) atoms. The Morgan fingerprint density at radius 1 is 1.53 bits per heavy atom. The van der Waals surface area contributed by atoms with Gasteiger partial charge in [-0.1, -0.05) is 19.1 Å². The van der Waals surface area contributed by atoms with Crippen LogP contribution in [-0.2, 0) is 4.79 Å². The quantitative estimate of drug-likeness (QED) is 0.799. The lowest BCUT2D eigenvalue weighted by molar-refractivity contribution is -0.139. The topological polar surface area (TPSA) is 63.3 Å². The minimum absolute atomic E-state index is 0.382. The number of carboxylic acid groups (broad SMARTS) is 1. The molecule has 0 radical (unpaired) electrons. The minimum Gasteiger partial charge on any atom is -0.480 e. The first-order chi connectivity index (χ1) is 6.95. The van der Waals surface area contributed by atoms with Crippen molar-refractivity contribution in [3.8, 4) is 0 Å². The number of carbonyl (C=O) groups is 1. The molecule has 3 N–H and O–H groups in total. The largest absolute Gasteiger partial charge is 0.480 e. The summed E-state index contributed by atoms with van der Waals surface area (Å²) in [5, 5.41) is 8.75. The standard InChI is InChI=1S/C11H14FNO2/c1-6-4-3-5-8(12)9(6)7(2)10(13)11(14)15/h3-5,7,10H,13H2,1-2H3,(H,14,15)/t7-,10-/m0/s1. The van der Waals surface area contributed by atoms with Crippen LogP contribution in [0.3, 0.4) is 0 Å². The number of rotatable bonds is 3. The van der Waals surface area contributed by atoms with E-state index in [-0.39, 0.29) is 0 Å². The monoisotopic (exact) mass is 211 g/mol. The van der Waals surface area contributed by atoms with Gasteiger partial charge in [0.25, 0.3) is 0 Å². The number of benzene rings is 1. The predicted molar refractivity (Wildman–Crippen MR) is 55.2 cm³/mol. The predicted octanol–water partition coefficient (Wildman–Crippen LogP) is 1.65. The van der Waals surface area contributed by atoms with Gasteiger partial charge in [-0.05, 0) is 24.1 Å². The first-order valence-corrected chi connectivity index (χ1v) is 4.68. The average molecular weight is 211 g/mol. The first kappa shape index (κ1) is 11.7. The van der Waals surface area contributed by atoms with E-state index in [0.717, 1.165) is 5.56 Å². The van der Waals surface area contributed by atoms with Crippen LogP contribution in [0.4, 0.5) is 4.39 Å². The highest BCUT2D eigenvalue weighted by atomic mass is 19.1. The second kappa shape index (κ2) is 4.40. The van der Waals surface area contributed by atoms with Crippen LogP contribution in [0.15, 0.2) is 18.2 Å². The Hall–Kier alpha value is -1.42. The van der Waals surface area contributed by atoms with E-state index in [9.17, 15) is 9.18 Å². The Morgan fingerprint density at radius 2 is 2.13 bits per heavy atom. The SMILES string of the molecule is Cc1cccc(F)c1[C@H](C)[C@H](N)C(=O)O. The van der Waals surface area contributed by atoms with Gasteiger partial charge in [0.15, 0.2) is 0 Å². The molecule has 4 heteroatoms. The van der Waals surface area contributed by atoms with Crippen molar-refractivity contribution in [2.75, 3.05) is 0 Å². The van der Waals surface area contributed by atoms with E-state index in [1.165, 1.54) is 6.07 Å². The van der Waals surface area contributed by atoms with Crippen LogP contribution in [0, 0.1) is 12.7 Å². The Balaban J connectivity index is 3.10. The van der Waals surface area contributed by atoms with Crippen LogP contribution in [0.5, 0.6) is 0 Å². The van der Waals surface area contributed by atoms with E-state index < -0.39 is 23.7 Å². The van der Waals surface area contributed by atoms with Crippen LogP contribution in [-0.4, -0.2) is 17.1 Å². The van der Waals surface area contributed by atoms with Gasteiger partial charge < -0.3 is 10.8 Å². The van der Waals surface area contributed by atoms with Crippen LogP contribution < -0.4 is 5.73 Å². The molecule has 0 aliphatic rings. The van der Waals surface area contributed by atoms with Crippen molar-refractivity contribution in [1.82, 2.24) is 0 Å². The summed E-state index contributed by atoms with van der Waals surface area (Å²) in [6, 6.07) is 3.56. The zero-order chi connectivity index (χ0) is 11.6. The van der Waals surface area contributed by atoms with Gasteiger partial charge in [-0.15, -0.1) is 0 Å². The fourth-order valence-electron chi connectivity index (χ4n) is 1.61. The number of carboxylic acids is 1. The maximum absolute atomic E-state index is 13.5. The molecule has 0 fully saturated rings. The highest BCUT2D eigenvalue weighted by Crippen LogP contribution is 2.24. The molecular formula is C11H14FNO2. The smallest absolute Gasteiger partial charge is 0.321 e. The summed E-state index contributed by atoms with van der Waals surface area (Å²) in [6.45, 7) is 3.35. The van der Waals surface area contributed by atoms with Crippen molar-refractivity contribution in [3.05, 3.63) is 35.1 Å². The highest BCUT2D eigenvalue weighted by Gasteiger charge is 2.24. The van der Waals surface area contributed by atoms with Gasteiger partial charge in [0.05, 0.1) is 0 Å². The number of aryl methyl sites for hydroxylation is 1. The molecule has 3 nitrogen and oxygen atoms in total. The van der Waals surface area contributed by atoms with Gasteiger partial charge in [0.1, 0.15) is 11.9 Å². The highest BCUT2D eigenvalue weighted by molar-refractivity contribution is 5.74. The summed E-state index contributed by atoms with van der Waals surface area (Å²) >= 11 is 0. The Labute approximate surface area is 87.7 Å². The molecule has 0 unspecified atom stereocenters. The van der Waals surface area contributed by atoms with E-state index in [2.05, 4.69) is 0 Å². The average Bonchev–Trinajstić information content (AvgIpc) is 2.15. The maximum atomic E-state index is 13.5. The minimum atomic E-state index is -1.12. The molecule has 0 spiro atoms. The molecule has 0 saturated carbocycles. The Kier molecular flexibility index (Phi) is 3.42. The summed E-state index contributed by atoms with van der Waals surface area (Å²) in [6.07, 6.45) is 0. The summed E-state index contributed by atoms with van der Waals surface area (Å²) in [5.41, 5.74) is 6.57. The lowest BCUT2D eigenvalue weighted by atomic mass is 9.90. The van der Waals surface area contributed by atoms with Gasteiger partial charge in [0, 0.05) is 5.92 Å². The van der Waals surface area contributed by atoms with Crippen molar-refractivity contribution < 1.29 is 14.3 Å². The molecular weight excluding hydrogens is 197 g/mol. The second-order valence-electron chi connectivity index (χ2n) is 3.62. The molecule has 0 aliphatic carbocycles. The van der Waals surface area contributed by atoms with E-state index in [0.29, 0.717) is 5.56 Å². The molecule has 0 aromatic heterocycles. The van der Waals surface area contributed by atoms with Gasteiger partial charge >= 0.3 is 5.97 Å². The van der Waals surface area contributed by atoms with Crippen LogP contribution in [0.2, 0.25) is 0 Å². The Morgan fingerprint density at radius 3 is 2.60 bits per heavy atom. The molecule has 1 aromatic rings. The van der Waals surface area contributed by atoms with Gasteiger partial charge in [-0.25, -0.2) is 4.39 Å². The van der Waals surface area contributed by atoms with Gasteiger partial charge in [0.2, 0.25) is 0 Å². The summed E-state index contributed by atoms with van der Waals surface area (Å²) in [5.74, 6) is -2.06. The van der Waals surface area contributed by atoms with Crippen molar-refractivity contribution in [1.29, 1.82) is 0 Å². The molecule has 0 heterocycles. The number of nitrogens with two attached hydrogens (primary N) is 1. The van der Waals surface area contributed by atoms with Crippen LogP contribution in [0.25, 0.3) is 0 Å². The van der Waals surface area contributed by atoms with Crippen molar-refractivity contribution in [3.63, 3.8) is 0 Å². The fourth-order valence-corrected chi connectivity index (χ4v) is 1.61. The van der Waals surface area contributed by atoms with Crippen molar-refractivity contribution in [2.24, 2.45) is 5.73 Å². The lowest BCUT2D eigenvalue weighted by Crippen LogP contribution is -2.35. The van der Waals surface area contributed by atoms with Gasteiger partial charge in [-0.2, -0.15) is 0 Å². The molecule has 1 rings (SSSR count). The van der Waals surface area contributed by atoms with Gasteiger partial charge in [-0.3, -0.25) is 4.79 Å². The number of hydrogen-bond donors (Lipinski definition) is 2. The van der Waals surface area contributed by atoms with E-state index >= 15 is 0 Å². The van der Waals surface area contributed by atoms with Crippen LogP contribution >= 0.6 is 0 Å². The van der Waals surface area contributed by atoms with Crippen molar-refractivity contribution in [2.45, 2.75) is 25.8 Å².